The number of nitrogen functional groups attached to an aromatic ring is 1. The maximum atomic E-state index is 12.4. The lowest BCUT2D eigenvalue weighted by Crippen LogP contribution is -2.27. The molecule has 1 unspecified atom stereocenters. The van der Waals surface area contributed by atoms with Gasteiger partial charge in [0, 0.05) is 24.5 Å². The van der Waals surface area contributed by atoms with Crippen molar-refractivity contribution in [2.75, 3.05) is 5.73 Å². The Bertz CT molecular complexity index is 737. The van der Waals surface area contributed by atoms with Gasteiger partial charge in [0.15, 0.2) is 5.03 Å². The standard InChI is InChI=1S/C14H20N4O2S/c1-4-18-9-14(16-11(18)3)21(19,20)17-10(2)12-7-5-6-8-13(12)15/h5-10,17H,4,15H2,1-3H3. The van der Waals surface area contributed by atoms with Crippen LogP contribution in [-0.2, 0) is 16.6 Å². The van der Waals surface area contributed by atoms with Crippen LogP contribution >= 0.6 is 0 Å². The maximum Gasteiger partial charge on any atom is 0.260 e. The van der Waals surface area contributed by atoms with Crippen LogP contribution in [0.5, 0.6) is 0 Å². The first-order chi connectivity index (χ1) is 9.85. The number of sulfonamides is 1. The molecule has 0 aliphatic carbocycles. The fourth-order valence-corrected chi connectivity index (χ4v) is 3.42. The molecule has 0 aliphatic heterocycles. The third kappa shape index (κ3) is 3.25. The molecule has 0 bridgehead atoms. The molecule has 0 aliphatic rings. The zero-order valence-corrected chi connectivity index (χ0v) is 13.2. The van der Waals surface area contributed by atoms with E-state index in [2.05, 4.69) is 9.71 Å². The first-order valence-corrected chi connectivity index (χ1v) is 8.24. The Labute approximate surface area is 125 Å². The third-order valence-electron chi connectivity index (χ3n) is 3.36. The number of nitrogens with two attached hydrogens (primary N) is 1. The highest BCUT2D eigenvalue weighted by Gasteiger charge is 2.22. The summed E-state index contributed by atoms with van der Waals surface area (Å²) in [6.45, 7) is 6.15. The summed E-state index contributed by atoms with van der Waals surface area (Å²) < 4.78 is 29.2. The van der Waals surface area contributed by atoms with Gasteiger partial charge in [-0.05, 0) is 32.4 Å². The van der Waals surface area contributed by atoms with Gasteiger partial charge in [0.05, 0.1) is 0 Å². The van der Waals surface area contributed by atoms with E-state index in [1.807, 2.05) is 19.1 Å². The molecule has 114 valence electrons. The summed E-state index contributed by atoms with van der Waals surface area (Å²) in [5, 5.41) is 0.0307. The van der Waals surface area contributed by atoms with Crippen LogP contribution in [0.25, 0.3) is 0 Å². The fraction of sp³-hybridized carbons (Fsp3) is 0.357. The summed E-state index contributed by atoms with van der Waals surface area (Å²) >= 11 is 0. The largest absolute Gasteiger partial charge is 0.398 e. The highest BCUT2D eigenvalue weighted by Crippen LogP contribution is 2.21. The molecule has 6 nitrogen and oxygen atoms in total. The van der Waals surface area contributed by atoms with Crippen molar-refractivity contribution in [2.24, 2.45) is 0 Å². The number of imidazole rings is 1. The molecule has 0 spiro atoms. The van der Waals surface area contributed by atoms with Gasteiger partial charge in [0.1, 0.15) is 5.82 Å². The molecule has 2 rings (SSSR count). The van der Waals surface area contributed by atoms with E-state index >= 15 is 0 Å². The molecule has 0 saturated heterocycles. The molecule has 7 heteroatoms. The molecule has 1 aromatic carbocycles. The van der Waals surface area contributed by atoms with Crippen molar-refractivity contribution >= 4 is 15.7 Å². The number of rotatable bonds is 5. The fourth-order valence-electron chi connectivity index (χ4n) is 2.19. The lowest BCUT2D eigenvalue weighted by molar-refractivity contribution is 0.564. The van der Waals surface area contributed by atoms with Crippen LogP contribution in [0.1, 0.15) is 31.3 Å². The first kappa shape index (κ1) is 15.5. The molecule has 1 aromatic heterocycles. The van der Waals surface area contributed by atoms with Crippen molar-refractivity contribution in [3.05, 3.63) is 41.9 Å². The van der Waals surface area contributed by atoms with Crippen LogP contribution in [0.15, 0.2) is 35.5 Å². The molecule has 21 heavy (non-hydrogen) atoms. The molecule has 0 amide bonds. The molecule has 0 radical (unpaired) electrons. The van der Waals surface area contributed by atoms with Gasteiger partial charge in [0.2, 0.25) is 0 Å². The van der Waals surface area contributed by atoms with Crippen LogP contribution < -0.4 is 10.5 Å². The summed E-state index contributed by atoms with van der Waals surface area (Å²) in [4.78, 5) is 4.10. The molecule has 2 aromatic rings. The van der Waals surface area contributed by atoms with Gasteiger partial charge in [-0.25, -0.2) is 18.1 Å². The average Bonchev–Trinajstić information content (AvgIpc) is 2.80. The smallest absolute Gasteiger partial charge is 0.260 e. The minimum Gasteiger partial charge on any atom is -0.398 e. The second kappa shape index (κ2) is 5.87. The minimum absolute atomic E-state index is 0.0307. The number of anilines is 1. The topological polar surface area (TPSA) is 90.0 Å². The summed E-state index contributed by atoms with van der Waals surface area (Å²) in [5.74, 6) is 0.671. The van der Waals surface area contributed by atoms with E-state index in [0.717, 1.165) is 5.56 Å². The van der Waals surface area contributed by atoms with E-state index < -0.39 is 16.1 Å². The Kier molecular flexibility index (Phi) is 4.34. The SMILES string of the molecule is CCn1cc(S(=O)(=O)NC(C)c2ccccc2N)nc1C. The normalized spacial score (nSPS) is 13.3. The van der Waals surface area contributed by atoms with Crippen LogP contribution in [-0.4, -0.2) is 18.0 Å². The second-order valence-electron chi connectivity index (χ2n) is 4.88. The lowest BCUT2D eigenvalue weighted by Gasteiger charge is -2.15. The molecular formula is C14H20N4O2S. The predicted molar refractivity (Wildman–Crippen MR) is 82.2 cm³/mol. The first-order valence-electron chi connectivity index (χ1n) is 6.75. The number of para-hydroxylation sites is 1. The van der Waals surface area contributed by atoms with Crippen molar-refractivity contribution < 1.29 is 8.42 Å². The van der Waals surface area contributed by atoms with Crippen LogP contribution in [0.4, 0.5) is 5.69 Å². The second-order valence-corrected chi connectivity index (χ2v) is 6.55. The third-order valence-corrected chi connectivity index (χ3v) is 4.78. The Balaban J connectivity index is 2.27. The van der Waals surface area contributed by atoms with Crippen LogP contribution in [0.2, 0.25) is 0 Å². The molecule has 3 N–H and O–H groups in total. The van der Waals surface area contributed by atoms with Gasteiger partial charge in [-0.3, -0.25) is 0 Å². The highest BCUT2D eigenvalue weighted by molar-refractivity contribution is 7.89. The van der Waals surface area contributed by atoms with Crippen LogP contribution in [0.3, 0.4) is 0 Å². The Morgan fingerprint density at radius 3 is 2.62 bits per heavy atom. The van der Waals surface area contributed by atoms with Crippen molar-refractivity contribution in [3.63, 3.8) is 0 Å². The van der Waals surface area contributed by atoms with E-state index in [-0.39, 0.29) is 5.03 Å². The van der Waals surface area contributed by atoms with Gasteiger partial charge in [0.25, 0.3) is 10.0 Å². The summed E-state index contributed by atoms with van der Waals surface area (Å²) in [6, 6.07) is 6.76. The molecular weight excluding hydrogens is 288 g/mol. The van der Waals surface area contributed by atoms with Crippen molar-refractivity contribution in [1.82, 2.24) is 14.3 Å². The van der Waals surface area contributed by atoms with Gasteiger partial charge in [-0.2, -0.15) is 0 Å². The summed E-state index contributed by atoms with van der Waals surface area (Å²) in [5.41, 5.74) is 7.18. The maximum absolute atomic E-state index is 12.4. The van der Waals surface area contributed by atoms with Crippen molar-refractivity contribution in [3.8, 4) is 0 Å². The number of aryl methyl sites for hydroxylation is 2. The predicted octanol–water partition coefficient (Wildman–Crippen LogP) is 1.83. The number of nitrogens with zero attached hydrogens (tertiary/aromatic N) is 2. The van der Waals surface area contributed by atoms with E-state index in [9.17, 15) is 8.42 Å². The lowest BCUT2D eigenvalue weighted by atomic mass is 10.1. The van der Waals surface area contributed by atoms with E-state index in [1.54, 1.807) is 36.7 Å². The number of hydrogen-bond acceptors (Lipinski definition) is 4. The van der Waals surface area contributed by atoms with E-state index in [1.165, 1.54) is 0 Å². The quantitative estimate of drug-likeness (QED) is 0.825. The number of aromatic nitrogens is 2. The molecule has 1 heterocycles. The molecule has 0 saturated carbocycles. The van der Waals surface area contributed by atoms with Crippen molar-refractivity contribution in [2.45, 2.75) is 38.4 Å². The van der Waals surface area contributed by atoms with Gasteiger partial charge < -0.3 is 10.3 Å². The van der Waals surface area contributed by atoms with Gasteiger partial charge >= 0.3 is 0 Å². The zero-order valence-electron chi connectivity index (χ0n) is 12.4. The number of benzene rings is 1. The zero-order chi connectivity index (χ0) is 15.6. The Morgan fingerprint density at radius 1 is 1.38 bits per heavy atom. The molecule has 1 atom stereocenters. The number of hydrogen-bond donors (Lipinski definition) is 2. The minimum atomic E-state index is -3.67. The summed E-state index contributed by atoms with van der Waals surface area (Å²) in [6.07, 6.45) is 1.54. The Hall–Kier alpha value is -1.86. The van der Waals surface area contributed by atoms with E-state index in [0.29, 0.717) is 18.1 Å². The van der Waals surface area contributed by atoms with Gasteiger partial charge in [-0.1, -0.05) is 18.2 Å². The highest BCUT2D eigenvalue weighted by atomic mass is 32.2. The average molecular weight is 308 g/mol. The summed E-state index contributed by atoms with van der Waals surface area (Å²) in [7, 11) is -3.67. The number of nitrogens with one attached hydrogen (secondary N) is 1. The van der Waals surface area contributed by atoms with Gasteiger partial charge in [-0.15, -0.1) is 0 Å². The van der Waals surface area contributed by atoms with Crippen LogP contribution in [0, 0.1) is 6.92 Å². The Morgan fingerprint density at radius 2 is 2.05 bits per heavy atom. The van der Waals surface area contributed by atoms with Crippen molar-refractivity contribution in [1.29, 1.82) is 0 Å². The van der Waals surface area contributed by atoms with E-state index in [4.69, 9.17) is 5.73 Å². The molecule has 0 fully saturated rings. The monoisotopic (exact) mass is 308 g/mol.